The number of carbonyl (C=O) groups excluding carboxylic acids is 2. The Morgan fingerprint density at radius 1 is 1.33 bits per heavy atom. The number of halogens is 1. The Kier molecular flexibility index (Phi) is 6.87. The van der Waals surface area contributed by atoms with E-state index in [0.29, 0.717) is 13.1 Å². The number of quaternary nitrogens is 1. The molecule has 132 valence electrons. The Morgan fingerprint density at radius 3 is 2.67 bits per heavy atom. The van der Waals surface area contributed by atoms with Gasteiger partial charge in [0.15, 0.2) is 6.54 Å². The average Bonchev–Trinajstić information content (AvgIpc) is 2.55. The summed E-state index contributed by atoms with van der Waals surface area (Å²) in [5, 5.41) is 6.20. The van der Waals surface area contributed by atoms with Crippen LogP contribution in [0.15, 0.2) is 24.3 Å². The first-order valence-electron chi connectivity index (χ1n) is 8.40. The van der Waals surface area contributed by atoms with Gasteiger partial charge < -0.3 is 20.4 Å². The third-order valence-electron chi connectivity index (χ3n) is 4.18. The molecule has 1 aromatic rings. The molecule has 1 aliphatic heterocycles. The second kappa shape index (κ2) is 8.89. The molecule has 1 heterocycles. The van der Waals surface area contributed by atoms with E-state index in [-0.39, 0.29) is 11.8 Å². The summed E-state index contributed by atoms with van der Waals surface area (Å²) in [7, 11) is 0. The first-order valence-corrected chi connectivity index (χ1v) is 8.78. The molecule has 7 heteroatoms. The van der Waals surface area contributed by atoms with Crippen LogP contribution >= 0.6 is 11.6 Å². The highest BCUT2D eigenvalue weighted by Gasteiger charge is 2.24. The molecule has 0 radical (unpaired) electrons. The first-order chi connectivity index (χ1) is 11.5. The van der Waals surface area contributed by atoms with Gasteiger partial charge in [-0.25, -0.2) is 0 Å². The van der Waals surface area contributed by atoms with Crippen molar-refractivity contribution in [2.24, 2.45) is 0 Å². The number of rotatable bonds is 6. The number of nitrogens with zero attached hydrogens (tertiary/aromatic N) is 1. The Balaban J connectivity index is 1.76. The van der Waals surface area contributed by atoms with Gasteiger partial charge in [-0.3, -0.25) is 9.59 Å². The normalized spacial score (nSPS) is 16.5. The van der Waals surface area contributed by atoms with Crippen molar-refractivity contribution >= 4 is 29.1 Å². The lowest BCUT2D eigenvalue weighted by Gasteiger charge is -2.33. The molecule has 2 rings (SSSR count). The lowest BCUT2D eigenvalue weighted by atomic mass is 10.2. The van der Waals surface area contributed by atoms with Crippen LogP contribution in [-0.2, 0) is 9.59 Å². The largest absolute Gasteiger partial charge is 0.360 e. The summed E-state index contributed by atoms with van der Waals surface area (Å²) in [6, 6.07) is 7.34. The van der Waals surface area contributed by atoms with Crippen molar-refractivity contribution in [3.63, 3.8) is 0 Å². The minimum atomic E-state index is -0.496. The van der Waals surface area contributed by atoms with Crippen molar-refractivity contribution in [3.05, 3.63) is 29.3 Å². The Labute approximate surface area is 148 Å². The SMILES string of the molecule is CCNC(=O)[C@H](C)NC(=O)C[NH+]1CCN(c2cccc(Cl)c2)CC1. The van der Waals surface area contributed by atoms with Crippen molar-refractivity contribution in [2.75, 3.05) is 44.2 Å². The van der Waals surface area contributed by atoms with E-state index in [4.69, 9.17) is 11.6 Å². The molecule has 24 heavy (non-hydrogen) atoms. The smallest absolute Gasteiger partial charge is 0.275 e. The van der Waals surface area contributed by atoms with Crippen LogP contribution in [0.1, 0.15) is 13.8 Å². The van der Waals surface area contributed by atoms with Gasteiger partial charge in [-0.2, -0.15) is 0 Å². The fourth-order valence-corrected chi connectivity index (χ4v) is 3.03. The lowest BCUT2D eigenvalue weighted by Crippen LogP contribution is -3.16. The number of piperazine rings is 1. The van der Waals surface area contributed by atoms with E-state index in [1.807, 2.05) is 25.1 Å². The van der Waals surface area contributed by atoms with E-state index in [0.717, 1.165) is 36.9 Å². The standard InChI is InChI=1S/C17H25ClN4O2/c1-3-19-17(24)13(2)20-16(23)12-21-7-9-22(10-8-21)15-6-4-5-14(18)11-15/h4-6,11,13H,3,7-10,12H2,1-2H3,(H,19,24)(H,20,23)/p+1/t13-/m0/s1. The van der Waals surface area contributed by atoms with E-state index in [9.17, 15) is 9.59 Å². The molecule has 1 aromatic carbocycles. The summed E-state index contributed by atoms with van der Waals surface area (Å²) in [4.78, 5) is 27.2. The molecule has 3 N–H and O–H groups in total. The maximum absolute atomic E-state index is 12.1. The van der Waals surface area contributed by atoms with Gasteiger partial charge in [-0.05, 0) is 32.0 Å². The molecule has 2 amide bonds. The highest BCUT2D eigenvalue weighted by atomic mass is 35.5. The zero-order chi connectivity index (χ0) is 17.5. The summed E-state index contributed by atoms with van der Waals surface area (Å²) in [6.07, 6.45) is 0. The van der Waals surface area contributed by atoms with Gasteiger partial charge >= 0.3 is 0 Å². The molecule has 0 bridgehead atoms. The third kappa shape index (κ3) is 5.39. The monoisotopic (exact) mass is 353 g/mol. The zero-order valence-electron chi connectivity index (χ0n) is 14.3. The second-order valence-corrected chi connectivity index (χ2v) is 6.51. The van der Waals surface area contributed by atoms with E-state index in [1.165, 1.54) is 4.90 Å². The number of hydrogen-bond donors (Lipinski definition) is 3. The van der Waals surface area contributed by atoms with Crippen LogP contribution in [-0.4, -0.2) is 57.1 Å². The summed E-state index contributed by atoms with van der Waals surface area (Å²) in [6.45, 7) is 8.06. The van der Waals surface area contributed by atoms with E-state index in [2.05, 4.69) is 21.6 Å². The number of carbonyl (C=O) groups is 2. The Hall–Kier alpha value is -1.79. The molecule has 1 fully saturated rings. The summed E-state index contributed by atoms with van der Waals surface area (Å²) < 4.78 is 0. The predicted molar refractivity (Wildman–Crippen MR) is 95.5 cm³/mol. The van der Waals surface area contributed by atoms with Gasteiger partial charge in [0.25, 0.3) is 5.91 Å². The minimum absolute atomic E-state index is 0.0834. The number of likely N-dealkylation sites (N-methyl/N-ethyl adjacent to an activating group) is 1. The zero-order valence-corrected chi connectivity index (χ0v) is 15.0. The number of amides is 2. The van der Waals surface area contributed by atoms with Gasteiger partial charge in [0, 0.05) is 17.3 Å². The Morgan fingerprint density at radius 2 is 2.04 bits per heavy atom. The molecule has 0 unspecified atom stereocenters. The maximum Gasteiger partial charge on any atom is 0.275 e. The first kappa shape index (κ1) is 18.5. The van der Waals surface area contributed by atoms with Crippen LogP contribution in [0.4, 0.5) is 5.69 Å². The molecule has 1 saturated heterocycles. The number of nitrogens with one attached hydrogen (secondary N) is 3. The predicted octanol–water partition coefficient (Wildman–Crippen LogP) is -0.314. The van der Waals surface area contributed by atoms with Crippen LogP contribution in [0.2, 0.25) is 5.02 Å². The van der Waals surface area contributed by atoms with Crippen LogP contribution in [0, 0.1) is 0 Å². The minimum Gasteiger partial charge on any atom is -0.360 e. The molecule has 6 nitrogen and oxygen atoms in total. The molecule has 0 aromatic heterocycles. The molecular weight excluding hydrogens is 328 g/mol. The van der Waals surface area contributed by atoms with Crippen LogP contribution in [0.3, 0.4) is 0 Å². The van der Waals surface area contributed by atoms with E-state index < -0.39 is 6.04 Å². The summed E-state index contributed by atoms with van der Waals surface area (Å²) in [5.41, 5.74) is 1.12. The quantitative estimate of drug-likeness (QED) is 0.657. The van der Waals surface area contributed by atoms with Gasteiger partial charge in [0.2, 0.25) is 5.91 Å². The second-order valence-electron chi connectivity index (χ2n) is 6.08. The number of benzene rings is 1. The fraction of sp³-hybridized carbons (Fsp3) is 0.529. The highest BCUT2D eigenvalue weighted by molar-refractivity contribution is 6.30. The molecule has 0 aliphatic carbocycles. The number of hydrogen-bond acceptors (Lipinski definition) is 3. The van der Waals surface area contributed by atoms with Crippen LogP contribution < -0.4 is 20.4 Å². The highest BCUT2D eigenvalue weighted by Crippen LogP contribution is 2.19. The van der Waals surface area contributed by atoms with Crippen LogP contribution in [0.5, 0.6) is 0 Å². The van der Waals surface area contributed by atoms with Gasteiger partial charge in [-0.15, -0.1) is 0 Å². The molecule has 1 atom stereocenters. The van der Waals surface area contributed by atoms with Gasteiger partial charge in [0.1, 0.15) is 6.04 Å². The Bertz CT molecular complexity index is 573. The van der Waals surface area contributed by atoms with Crippen molar-refractivity contribution < 1.29 is 14.5 Å². The van der Waals surface area contributed by atoms with E-state index in [1.54, 1.807) is 6.92 Å². The molecule has 1 aliphatic rings. The van der Waals surface area contributed by atoms with E-state index >= 15 is 0 Å². The van der Waals surface area contributed by atoms with Crippen molar-refractivity contribution in [3.8, 4) is 0 Å². The summed E-state index contributed by atoms with van der Waals surface area (Å²) in [5.74, 6) is -0.230. The molecular formula is C17H26ClN4O2+. The topological polar surface area (TPSA) is 65.9 Å². The summed E-state index contributed by atoms with van der Waals surface area (Å²) >= 11 is 6.04. The van der Waals surface area contributed by atoms with Crippen LogP contribution in [0.25, 0.3) is 0 Å². The third-order valence-corrected chi connectivity index (χ3v) is 4.41. The maximum atomic E-state index is 12.1. The number of anilines is 1. The fourth-order valence-electron chi connectivity index (χ4n) is 2.84. The average molecular weight is 354 g/mol. The van der Waals surface area contributed by atoms with Crippen molar-refractivity contribution in [2.45, 2.75) is 19.9 Å². The lowest BCUT2D eigenvalue weighted by molar-refractivity contribution is -0.892. The molecule has 0 saturated carbocycles. The van der Waals surface area contributed by atoms with Crippen molar-refractivity contribution in [1.29, 1.82) is 0 Å². The van der Waals surface area contributed by atoms with Crippen molar-refractivity contribution in [1.82, 2.24) is 10.6 Å². The van der Waals surface area contributed by atoms with Gasteiger partial charge in [0.05, 0.1) is 26.2 Å². The van der Waals surface area contributed by atoms with Gasteiger partial charge in [-0.1, -0.05) is 17.7 Å². The molecule has 0 spiro atoms.